The molecule has 0 N–H and O–H groups in total. The Labute approximate surface area is 86.6 Å². The van der Waals surface area contributed by atoms with Crippen LogP contribution in [0.3, 0.4) is 0 Å². The van der Waals surface area contributed by atoms with Crippen molar-refractivity contribution in [2.24, 2.45) is 0 Å². The lowest BCUT2D eigenvalue weighted by atomic mass is 10.2. The highest BCUT2D eigenvalue weighted by atomic mass is 35.5. The van der Waals surface area contributed by atoms with Gasteiger partial charge in [-0.3, -0.25) is 0 Å². The molecule has 0 fully saturated rings. The van der Waals surface area contributed by atoms with E-state index in [2.05, 4.69) is 0 Å². The van der Waals surface area contributed by atoms with E-state index in [0.717, 1.165) is 5.56 Å². The highest BCUT2D eigenvalue weighted by Gasteiger charge is 2.05. The summed E-state index contributed by atoms with van der Waals surface area (Å²) in [6, 6.07) is 7.17. The Morgan fingerprint density at radius 2 is 2.23 bits per heavy atom. The van der Waals surface area contributed by atoms with Gasteiger partial charge in [-0.1, -0.05) is 23.7 Å². The van der Waals surface area contributed by atoms with Crippen LogP contribution in [0.5, 0.6) is 5.75 Å². The molecule has 0 saturated heterocycles. The summed E-state index contributed by atoms with van der Waals surface area (Å²) in [6.07, 6.45) is 0. The normalized spacial score (nSPS) is 9.31. The minimum absolute atomic E-state index is 0.00847. The largest absolute Gasteiger partial charge is 0.477 e. The summed E-state index contributed by atoms with van der Waals surface area (Å²) < 4.78 is 5.08. The van der Waals surface area contributed by atoms with Crippen molar-refractivity contribution in [3.63, 3.8) is 0 Å². The molecule has 0 amide bonds. The molecule has 0 bridgehead atoms. The van der Waals surface area contributed by atoms with E-state index in [0.29, 0.717) is 16.7 Å². The molecule has 0 unspecified atom stereocenters. The van der Waals surface area contributed by atoms with Gasteiger partial charge in [-0.15, -0.1) is 11.6 Å². The molecule has 1 aromatic rings. The van der Waals surface area contributed by atoms with Crippen LogP contribution in [0.4, 0.5) is 0 Å². The lowest BCUT2D eigenvalue weighted by Gasteiger charge is -2.06. The first kappa shape index (κ1) is 10.2. The molecular formula is C9H7Cl2NO. The van der Waals surface area contributed by atoms with Crippen LogP contribution in [0.15, 0.2) is 18.2 Å². The van der Waals surface area contributed by atoms with Gasteiger partial charge < -0.3 is 4.74 Å². The summed E-state index contributed by atoms with van der Waals surface area (Å²) >= 11 is 11.6. The third-order valence-corrected chi connectivity index (χ3v) is 2.20. The first-order chi connectivity index (χ1) is 6.29. The third kappa shape index (κ3) is 2.51. The van der Waals surface area contributed by atoms with E-state index in [1.807, 2.05) is 12.1 Å². The molecule has 0 atom stereocenters. The van der Waals surface area contributed by atoms with Gasteiger partial charge in [0.15, 0.2) is 6.61 Å². The van der Waals surface area contributed by atoms with Crippen LogP contribution < -0.4 is 4.74 Å². The molecule has 0 aliphatic carbocycles. The monoisotopic (exact) mass is 215 g/mol. The van der Waals surface area contributed by atoms with Gasteiger partial charge in [0.25, 0.3) is 0 Å². The number of hydrogen-bond donors (Lipinski definition) is 0. The molecule has 0 aromatic heterocycles. The standard InChI is InChI=1S/C9H7Cl2NO/c10-6-7-2-1-3-8(9(7)11)13-5-4-12/h1-3H,5-6H2. The van der Waals surface area contributed by atoms with Crippen LogP contribution in [0.25, 0.3) is 0 Å². The predicted molar refractivity (Wildman–Crippen MR) is 52.1 cm³/mol. The molecule has 0 heterocycles. The van der Waals surface area contributed by atoms with Crippen molar-refractivity contribution in [1.82, 2.24) is 0 Å². The van der Waals surface area contributed by atoms with Crippen LogP contribution >= 0.6 is 23.2 Å². The molecule has 13 heavy (non-hydrogen) atoms. The minimum Gasteiger partial charge on any atom is -0.477 e. The van der Waals surface area contributed by atoms with Crippen molar-refractivity contribution >= 4 is 23.2 Å². The van der Waals surface area contributed by atoms with Crippen molar-refractivity contribution in [1.29, 1.82) is 5.26 Å². The molecule has 0 saturated carbocycles. The second kappa shape index (κ2) is 4.96. The fourth-order valence-electron chi connectivity index (χ4n) is 0.881. The van der Waals surface area contributed by atoms with Crippen LogP contribution in [0.1, 0.15) is 5.56 Å². The number of nitrogens with zero attached hydrogens (tertiary/aromatic N) is 1. The van der Waals surface area contributed by atoms with Gasteiger partial charge in [-0.05, 0) is 11.6 Å². The first-order valence-corrected chi connectivity index (χ1v) is 4.54. The fourth-order valence-corrected chi connectivity index (χ4v) is 1.42. The Hall–Kier alpha value is -0.910. The third-order valence-electron chi connectivity index (χ3n) is 1.48. The van der Waals surface area contributed by atoms with Gasteiger partial charge in [-0.2, -0.15) is 5.26 Å². The molecule has 1 rings (SSSR count). The Morgan fingerprint density at radius 1 is 1.46 bits per heavy atom. The Kier molecular flexibility index (Phi) is 3.88. The number of nitriles is 1. The molecular weight excluding hydrogens is 209 g/mol. The quantitative estimate of drug-likeness (QED) is 0.727. The average Bonchev–Trinajstić information content (AvgIpc) is 2.16. The van der Waals surface area contributed by atoms with Crippen molar-refractivity contribution in [3.8, 4) is 11.8 Å². The average molecular weight is 216 g/mol. The molecule has 0 aliphatic heterocycles. The van der Waals surface area contributed by atoms with Gasteiger partial charge in [-0.25, -0.2) is 0 Å². The molecule has 0 radical (unpaired) electrons. The highest BCUT2D eigenvalue weighted by Crippen LogP contribution is 2.28. The maximum atomic E-state index is 8.30. The summed E-state index contributed by atoms with van der Waals surface area (Å²) in [5.74, 6) is 0.837. The van der Waals surface area contributed by atoms with E-state index < -0.39 is 0 Å². The zero-order valence-corrected chi connectivity index (χ0v) is 8.27. The molecule has 0 aliphatic rings. The Balaban J connectivity index is 2.89. The lowest BCUT2D eigenvalue weighted by molar-refractivity contribution is 0.368. The van der Waals surface area contributed by atoms with E-state index >= 15 is 0 Å². The zero-order valence-electron chi connectivity index (χ0n) is 6.76. The van der Waals surface area contributed by atoms with Crippen LogP contribution in [0, 0.1) is 11.3 Å². The minimum atomic E-state index is -0.00847. The van der Waals surface area contributed by atoms with Crippen molar-refractivity contribution in [2.45, 2.75) is 5.88 Å². The number of ether oxygens (including phenoxy) is 1. The van der Waals surface area contributed by atoms with Crippen molar-refractivity contribution in [2.75, 3.05) is 6.61 Å². The van der Waals surface area contributed by atoms with E-state index in [1.165, 1.54) is 0 Å². The number of benzene rings is 1. The maximum Gasteiger partial charge on any atom is 0.174 e. The summed E-state index contributed by atoms with van der Waals surface area (Å²) in [4.78, 5) is 0. The zero-order chi connectivity index (χ0) is 9.68. The second-order valence-corrected chi connectivity index (χ2v) is 2.95. The number of rotatable bonds is 3. The maximum absolute atomic E-state index is 8.30. The summed E-state index contributed by atoms with van der Waals surface area (Å²) in [7, 11) is 0. The smallest absolute Gasteiger partial charge is 0.174 e. The number of halogens is 2. The second-order valence-electron chi connectivity index (χ2n) is 2.31. The van der Waals surface area contributed by atoms with E-state index in [-0.39, 0.29) is 6.61 Å². The van der Waals surface area contributed by atoms with Crippen LogP contribution in [-0.4, -0.2) is 6.61 Å². The molecule has 2 nitrogen and oxygen atoms in total. The van der Waals surface area contributed by atoms with E-state index in [9.17, 15) is 0 Å². The lowest BCUT2D eigenvalue weighted by Crippen LogP contribution is -1.95. The van der Waals surface area contributed by atoms with Crippen molar-refractivity contribution in [3.05, 3.63) is 28.8 Å². The number of alkyl halides is 1. The van der Waals surface area contributed by atoms with Gasteiger partial charge >= 0.3 is 0 Å². The van der Waals surface area contributed by atoms with Crippen LogP contribution in [-0.2, 0) is 5.88 Å². The van der Waals surface area contributed by atoms with Crippen molar-refractivity contribution < 1.29 is 4.74 Å². The van der Waals surface area contributed by atoms with Gasteiger partial charge in [0.05, 0.1) is 5.02 Å². The van der Waals surface area contributed by atoms with Gasteiger partial charge in [0.2, 0.25) is 0 Å². The van der Waals surface area contributed by atoms with Crippen LogP contribution in [0.2, 0.25) is 5.02 Å². The Morgan fingerprint density at radius 3 is 2.85 bits per heavy atom. The topological polar surface area (TPSA) is 33.0 Å². The molecule has 1 aromatic carbocycles. The molecule has 4 heteroatoms. The van der Waals surface area contributed by atoms with E-state index in [4.69, 9.17) is 33.2 Å². The highest BCUT2D eigenvalue weighted by molar-refractivity contribution is 6.33. The first-order valence-electron chi connectivity index (χ1n) is 3.62. The molecule has 0 spiro atoms. The molecule has 68 valence electrons. The fraction of sp³-hybridized carbons (Fsp3) is 0.222. The predicted octanol–water partition coefficient (Wildman–Crippen LogP) is 2.98. The van der Waals surface area contributed by atoms with Gasteiger partial charge in [0.1, 0.15) is 11.8 Å². The summed E-state index contributed by atoms with van der Waals surface area (Å²) in [5.41, 5.74) is 0.804. The van der Waals surface area contributed by atoms with Gasteiger partial charge in [0, 0.05) is 5.88 Å². The summed E-state index contributed by atoms with van der Waals surface area (Å²) in [5, 5.41) is 8.78. The SMILES string of the molecule is N#CCOc1cccc(CCl)c1Cl. The summed E-state index contributed by atoms with van der Waals surface area (Å²) in [6.45, 7) is -0.00847. The Bertz CT molecular complexity index is 333. The van der Waals surface area contributed by atoms with E-state index in [1.54, 1.807) is 12.1 Å². The number of hydrogen-bond acceptors (Lipinski definition) is 2.